The van der Waals surface area contributed by atoms with E-state index in [-0.39, 0.29) is 0 Å². The second kappa shape index (κ2) is 11.6. The van der Waals surface area contributed by atoms with Gasteiger partial charge >= 0.3 is 12.1 Å². The normalized spacial score (nSPS) is 11.2. The Labute approximate surface area is 201 Å². The number of nitrogens with zero attached hydrogens (tertiary/aromatic N) is 1. The van der Waals surface area contributed by atoms with Crippen molar-refractivity contribution < 1.29 is 23.1 Å². The highest BCUT2D eigenvalue weighted by Crippen LogP contribution is 2.26. The molecule has 0 unspecified atom stereocenters. The summed E-state index contributed by atoms with van der Waals surface area (Å²) in [5.74, 6) is -1.84. The summed E-state index contributed by atoms with van der Waals surface area (Å²) in [6.07, 6.45) is -5.08. The third kappa shape index (κ3) is 7.14. The highest BCUT2D eigenvalue weighted by Gasteiger charge is 2.38. The van der Waals surface area contributed by atoms with Gasteiger partial charge in [-0.3, -0.25) is 0 Å². The number of rotatable bonds is 7. The predicted octanol–water partition coefficient (Wildman–Crippen LogP) is 5.15. The fourth-order valence-corrected chi connectivity index (χ4v) is 3.39. The summed E-state index contributed by atoms with van der Waals surface area (Å²) in [4.78, 5) is 17.1. The van der Waals surface area contributed by atoms with Crippen molar-refractivity contribution in [2.75, 3.05) is 20.1 Å². The van der Waals surface area contributed by atoms with E-state index in [9.17, 15) is 13.2 Å². The summed E-state index contributed by atoms with van der Waals surface area (Å²) in [5, 5.41) is 13.7. The highest BCUT2D eigenvalue weighted by molar-refractivity contribution is 5.82. The van der Waals surface area contributed by atoms with Crippen molar-refractivity contribution in [1.82, 2.24) is 20.6 Å². The first kappa shape index (κ1) is 25.9. The van der Waals surface area contributed by atoms with Crippen molar-refractivity contribution >= 4 is 17.0 Å². The average molecular weight is 485 g/mol. The molecule has 184 valence electrons. The molecular weight excluding hydrogens is 457 g/mol. The molecule has 4 rings (SSSR count). The summed E-state index contributed by atoms with van der Waals surface area (Å²) in [6.45, 7) is 4.94. The van der Waals surface area contributed by atoms with Crippen LogP contribution in [-0.4, -0.2) is 47.4 Å². The van der Waals surface area contributed by atoms with Gasteiger partial charge in [0.15, 0.2) is 0 Å². The zero-order valence-corrected chi connectivity index (χ0v) is 19.4. The number of fused-ring (bicyclic) bond motifs is 1. The van der Waals surface area contributed by atoms with Crippen molar-refractivity contribution in [2.24, 2.45) is 0 Å². The fourth-order valence-electron chi connectivity index (χ4n) is 3.39. The smallest absolute Gasteiger partial charge is 0.475 e. The number of benzene rings is 3. The molecule has 0 fully saturated rings. The van der Waals surface area contributed by atoms with Crippen LogP contribution in [0, 0.1) is 6.92 Å². The van der Waals surface area contributed by atoms with Gasteiger partial charge in [0.1, 0.15) is 5.82 Å². The number of aromatic amines is 1. The first-order valence-corrected chi connectivity index (χ1v) is 11.0. The van der Waals surface area contributed by atoms with Crippen LogP contribution in [0.3, 0.4) is 0 Å². The molecule has 0 aliphatic carbocycles. The van der Waals surface area contributed by atoms with Crippen molar-refractivity contribution in [2.45, 2.75) is 19.6 Å². The zero-order valence-electron chi connectivity index (χ0n) is 19.4. The zero-order chi connectivity index (χ0) is 25.4. The number of imidazole rings is 1. The van der Waals surface area contributed by atoms with Crippen molar-refractivity contribution in [3.05, 3.63) is 77.9 Å². The topological polar surface area (TPSA) is 90.0 Å². The lowest BCUT2D eigenvalue weighted by Gasteiger charge is -2.07. The van der Waals surface area contributed by atoms with Gasteiger partial charge in [0.2, 0.25) is 0 Å². The van der Waals surface area contributed by atoms with E-state index in [0.29, 0.717) is 0 Å². The number of alkyl halides is 3. The van der Waals surface area contributed by atoms with Crippen LogP contribution in [0.2, 0.25) is 0 Å². The lowest BCUT2D eigenvalue weighted by molar-refractivity contribution is -0.192. The van der Waals surface area contributed by atoms with Crippen LogP contribution < -0.4 is 10.6 Å². The highest BCUT2D eigenvalue weighted by atomic mass is 19.4. The molecule has 3 aromatic carbocycles. The second-order valence-electron chi connectivity index (χ2n) is 7.91. The van der Waals surface area contributed by atoms with Gasteiger partial charge in [-0.1, -0.05) is 60.7 Å². The molecule has 0 saturated carbocycles. The van der Waals surface area contributed by atoms with Gasteiger partial charge in [-0.15, -0.1) is 0 Å². The van der Waals surface area contributed by atoms with Crippen LogP contribution in [0.5, 0.6) is 0 Å². The molecule has 0 radical (unpaired) electrons. The number of H-pyrrole nitrogens is 1. The lowest BCUT2D eigenvalue weighted by Crippen LogP contribution is -2.24. The Bertz CT molecular complexity index is 1250. The quantitative estimate of drug-likeness (QED) is 0.273. The summed E-state index contributed by atoms with van der Waals surface area (Å²) >= 11 is 0. The van der Waals surface area contributed by atoms with Gasteiger partial charge in [-0.05, 0) is 42.3 Å². The summed E-state index contributed by atoms with van der Waals surface area (Å²) in [7, 11) is 1.97. The Kier molecular flexibility index (Phi) is 8.62. The number of nitrogens with one attached hydrogen (secondary N) is 3. The molecule has 0 aliphatic rings. The van der Waals surface area contributed by atoms with Gasteiger partial charge in [0, 0.05) is 25.2 Å². The number of likely N-dealkylation sites (N-methyl/N-ethyl adjacent to an activating group) is 1. The Morgan fingerprint density at radius 1 is 0.943 bits per heavy atom. The molecule has 9 heteroatoms. The molecule has 35 heavy (non-hydrogen) atoms. The molecule has 4 aromatic rings. The number of aryl methyl sites for hydroxylation is 1. The Balaban J connectivity index is 0.000000429. The van der Waals surface area contributed by atoms with E-state index >= 15 is 0 Å². The first-order chi connectivity index (χ1) is 16.7. The number of hydrogen-bond donors (Lipinski definition) is 4. The van der Waals surface area contributed by atoms with Crippen LogP contribution in [0.4, 0.5) is 13.2 Å². The van der Waals surface area contributed by atoms with Crippen molar-refractivity contribution in [3.63, 3.8) is 0 Å². The average Bonchev–Trinajstić information content (AvgIpc) is 3.28. The van der Waals surface area contributed by atoms with Gasteiger partial charge < -0.3 is 20.7 Å². The Hall–Kier alpha value is -3.69. The molecule has 6 nitrogen and oxygen atoms in total. The number of hydrogen-bond acceptors (Lipinski definition) is 4. The second-order valence-corrected chi connectivity index (χ2v) is 7.91. The van der Waals surface area contributed by atoms with Crippen LogP contribution in [0.25, 0.3) is 33.5 Å². The number of halogens is 3. The minimum Gasteiger partial charge on any atom is -0.475 e. The van der Waals surface area contributed by atoms with E-state index < -0.39 is 12.1 Å². The molecule has 4 N–H and O–H groups in total. The molecule has 0 atom stereocenters. The van der Waals surface area contributed by atoms with Crippen molar-refractivity contribution in [1.29, 1.82) is 0 Å². The Morgan fingerprint density at radius 3 is 2.06 bits per heavy atom. The molecule has 0 saturated heterocycles. The van der Waals surface area contributed by atoms with Gasteiger partial charge in [0.25, 0.3) is 0 Å². The van der Waals surface area contributed by atoms with E-state index in [4.69, 9.17) is 14.9 Å². The maximum absolute atomic E-state index is 10.6. The monoisotopic (exact) mass is 484 g/mol. The van der Waals surface area contributed by atoms with Crippen molar-refractivity contribution in [3.8, 4) is 22.5 Å². The molecule has 1 aromatic heterocycles. The van der Waals surface area contributed by atoms with E-state index in [1.807, 2.05) is 7.05 Å². The SMILES string of the molecule is CNCCNCc1ccc(-c2ccc(-c3nc4c(C)cccc4[nH]3)cc2)cc1.O=C(O)C(F)(F)F. The Morgan fingerprint density at radius 2 is 1.51 bits per heavy atom. The fraction of sp³-hybridized carbons (Fsp3) is 0.231. The number of carboxylic acids is 1. The third-order valence-electron chi connectivity index (χ3n) is 5.28. The number of aliphatic carboxylic acids is 1. The van der Waals surface area contributed by atoms with E-state index in [1.54, 1.807) is 0 Å². The molecule has 0 amide bonds. The van der Waals surface area contributed by atoms with Gasteiger partial charge in [-0.2, -0.15) is 13.2 Å². The van der Waals surface area contributed by atoms with E-state index in [1.165, 1.54) is 22.3 Å². The summed E-state index contributed by atoms with van der Waals surface area (Å²) in [6, 6.07) is 23.6. The minimum atomic E-state index is -5.08. The standard InChI is InChI=1S/C24H26N4.C2HF3O2/c1-17-4-3-5-22-23(17)28-24(27-22)21-12-10-20(11-13-21)19-8-6-18(7-9-19)16-26-15-14-25-2;3-2(4,5)1(6)7/h3-13,25-26H,14-16H2,1-2H3,(H,27,28);(H,6,7). The lowest BCUT2D eigenvalue weighted by atomic mass is 10.0. The summed E-state index contributed by atoms with van der Waals surface area (Å²) < 4.78 is 31.7. The van der Waals surface area contributed by atoms with Crippen LogP contribution in [0.15, 0.2) is 66.7 Å². The number of carbonyl (C=O) groups is 1. The van der Waals surface area contributed by atoms with Crippen LogP contribution in [-0.2, 0) is 11.3 Å². The van der Waals surface area contributed by atoms with Gasteiger partial charge in [0.05, 0.1) is 11.0 Å². The molecule has 1 heterocycles. The minimum absolute atomic E-state index is 0.895. The van der Waals surface area contributed by atoms with E-state index in [0.717, 1.165) is 42.1 Å². The number of carboxylic acid groups (broad SMARTS) is 1. The third-order valence-corrected chi connectivity index (χ3v) is 5.28. The molecule has 0 bridgehead atoms. The largest absolute Gasteiger partial charge is 0.490 e. The van der Waals surface area contributed by atoms with Crippen LogP contribution in [0.1, 0.15) is 11.1 Å². The van der Waals surface area contributed by atoms with Gasteiger partial charge in [-0.25, -0.2) is 9.78 Å². The first-order valence-electron chi connectivity index (χ1n) is 11.0. The number of para-hydroxylation sites is 1. The molecule has 0 aliphatic heterocycles. The van der Waals surface area contributed by atoms with Crippen LogP contribution >= 0.6 is 0 Å². The maximum atomic E-state index is 10.6. The molecular formula is C26H27F3N4O2. The molecule has 0 spiro atoms. The predicted molar refractivity (Wildman–Crippen MR) is 131 cm³/mol. The maximum Gasteiger partial charge on any atom is 0.490 e. The summed E-state index contributed by atoms with van der Waals surface area (Å²) in [5.41, 5.74) is 8.16. The number of aromatic nitrogens is 2. The van der Waals surface area contributed by atoms with E-state index in [2.05, 4.69) is 89.3 Å².